The van der Waals surface area contributed by atoms with E-state index in [1.165, 1.54) is 13.2 Å². The minimum absolute atomic E-state index is 0.179. The molecule has 0 atom stereocenters. The second-order valence-corrected chi connectivity index (χ2v) is 5.72. The molecule has 1 aromatic rings. The standard InChI is InChI=1S/C15H22FN3O/c1-15(14(17)18)5-7-19(8-6-15)10-11-3-4-13(20-2)12(16)9-11/h3-4,9H,5-8,10H2,1-2H3,(H3,17,18). The SMILES string of the molecule is COc1ccc(CN2CCC(C)(C(=N)N)CC2)cc1F. The van der Waals surface area contributed by atoms with Gasteiger partial charge in [-0.3, -0.25) is 10.3 Å². The monoisotopic (exact) mass is 279 g/mol. The van der Waals surface area contributed by atoms with Crippen LogP contribution in [0.2, 0.25) is 0 Å². The van der Waals surface area contributed by atoms with Crippen molar-refractivity contribution >= 4 is 5.84 Å². The summed E-state index contributed by atoms with van der Waals surface area (Å²) in [5, 5.41) is 7.64. The summed E-state index contributed by atoms with van der Waals surface area (Å²) in [7, 11) is 1.46. The summed E-state index contributed by atoms with van der Waals surface area (Å²) in [6, 6.07) is 5.08. The van der Waals surface area contributed by atoms with Crippen molar-refractivity contribution in [2.24, 2.45) is 11.1 Å². The molecule has 0 bridgehead atoms. The number of piperidine rings is 1. The van der Waals surface area contributed by atoms with E-state index in [0.717, 1.165) is 38.0 Å². The van der Waals surface area contributed by atoms with Crippen molar-refractivity contribution in [2.75, 3.05) is 20.2 Å². The van der Waals surface area contributed by atoms with Crippen LogP contribution in [0.15, 0.2) is 18.2 Å². The van der Waals surface area contributed by atoms with Crippen LogP contribution in [0, 0.1) is 16.6 Å². The number of likely N-dealkylation sites (tertiary alicyclic amines) is 1. The minimum atomic E-state index is -0.324. The topological polar surface area (TPSA) is 62.3 Å². The number of nitrogens with zero attached hydrogens (tertiary/aromatic N) is 1. The number of ether oxygens (including phenoxy) is 1. The highest BCUT2D eigenvalue weighted by Gasteiger charge is 2.32. The Morgan fingerprint density at radius 3 is 2.60 bits per heavy atom. The third-order valence-corrected chi connectivity index (χ3v) is 4.23. The number of hydrogen-bond acceptors (Lipinski definition) is 3. The van der Waals surface area contributed by atoms with Gasteiger partial charge in [0.15, 0.2) is 11.6 Å². The minimum Gasteiger partial charge on any atom is -0.494 e. The molecule has 20 heavy (non-hydrogen) atoms. The number of hydrogen-bond donors (Lipinski definition) is 2. The molecule has 0 saturated carbocycles. The van der Waals surface area contributed by atoms with Gasteiger partial charge in [-0.25, -0.2) is 4.39 Å². The fourth-order valence-corrected chi connectivity index (χ4v) is 2.54. The molecule has 1 aliphatic heterocycles. The fourth-order valence-electron chi connectivity index (χ4n) is 2.54. The lowest BCUT2D eigenvalue weighted by Crippen LogP contribution is -2.44. The molecule has 0 aliphatic carbocycles. The quantitative estimate of drug-likeness (QED) is 0.657. The van der Waals surface area contributed by atoms with Gasteiger partial charge in [0.2, 0.25) is 0 Å². The van der Waals surface area contributed by atoms with Crippen LogP contribution in [0.25, 0.3) is 0 Å². The van der Waals surface area contributed by atoms with E-state index in [2.05, 4.69) is 4.90 Å². The molecule has 1 aromatic carbocycles. The number of halogens is 1. The Bertz CT molecular complexity index is 496. The Labute approximate surface area is 119 Å². The van der Waals surface area contributed by atoms with Gasteiger partial charge in [0, 0.05) is 12.0 Å². The van der Waals surface area contributed by atoms with Gasteiger partial charge in [-0.1, -0.05) is 13.0 Å². The number of methoxy groups -OCH3 is 1. The molecular weight excluding hydrogens is 257 g/mol. The molecule has 3 N–H and O–H groups in total. The fraction of sp³-hybridized carbons (Fsp3) is 0.533. The van der Waals surface area contributed by atoms with Crippen LogP contribution in [0.3, 0.4) is 0 Å². The molecular formula is C15H22FN3O. The maximum absolute atomic E-state index is 13.6. The molecule has 5 heteroatoms. The summed E-state index contributed by atoms with van der Waals surface area (Å²) in [4.78, 5) is 2.27. The normalized spacial score (nSPS) is 18.8. The third kappa shape index (κ3) is 3.10. The number of rotatable bonds is 4. The van der Waals surface area contributed by atoms with Crippen molar-refractivity contribution in [1.82, 2.24) is 4.90 Å². The zero-order valence-corrected chi connectivity index (χ0v) is 12.1. The first-order valence-electron chi connectivity index (χ1n) is 6.84. The van der Waals surface area contributed by atoms with Gasteiger partial charge in [-0.15, -0.1) is 0 Å². The van der Waals surface area contributed by atoms with E-state index in [-0.39, 0.29) is 22.8 Å². The first kappa shape index (κ1) is 14.8. The van der Waals surface area contributed by atoms with E-state index in [1.807, 2.05) is 13.0 Å². The molecule has 1 heterocycles. The molecule has 1 fully saturated rings. The Hall–Kier alpha value is -1.62. The van der Waals surface area contributed by atoms with Crippen LogP contribution in [-0.4, -0.2) is 30.9 Å². The first-order chi connectivity index (χ1) is 9.44. The van der Waals surface area contributed by atoms with Gasteiger partial charge in [0.05, 0.1) is 12.9 Å². The molecule has 0 amide bonds. The van der Waals surface area contributed by atoms with Crippen molar-refractivity contribution < 1.29 is 9.13 Å². The van der Waals surface area contributed by atoms with Crippen LogP contribution in [0.4, 0.5) is 4.39 Å². The maximum atomic E-state index is 13.6. The molecule has 0 aromatic heterocycles. The maximum Gasteiger partial charge on any atom is 0.165 e. The molecule has 1 aliphatic rings. The second kappa shape index (κ2) is 5.79. The summed E-state index contributed by atoms with van der Waals surface area (Å²) in [5.74, 6) is 0.222. The van der Waals surface area contributed by atoms with Crippen LogP contribution in [0.5, 0.6) is 5.75 Å². The molecule has 110 valence electrons. The zero-order valence-electron chi connectivity index (χ0n) is 12.1. The van der Waals surface area contributed by atoms with Crippen molar-refractivity contribution in [3.8, 4) is 5.75 Å². The van der Waals surface area contributed by atoms with Gasteiger partial charge >= 0.3 is 0 Å². The molecule has 0 unspecified atom stereocenters. The van der Waals surface area contributed by atoms with E-state index in [4.69, 9.17) is 15.9 Å². The van der Waals surface area contributed by atoms with E-state index in [0.29, 0.717) is 0 Å². The van der Waals surface area contributed by atoms with Gasteiger partial charge in [0.1, 0.15) is 0 Å². The van der Waals surface area contributed by atoms with E-state index in [1.54, 1.807) is 6.07 Å². The average molecular weight is 279 g/mol. The summed E-state index contributed by atoms with van der Waals surface area (Å²) >= 11 is 0. The Morgan fingerprint density at radius 2 is 2.10 bits per heavy atom. The molecule has 0 spiro atoms. The highest BCUT2D eigenvalue weighted by molar-refractivity contribution is 5.83. The van der Waals surface area contributed by atoms with Crippen molar-refractivity contribution in [1.29, 1.82) is 5.41 Å². The van der Waals surface area contributed by atoms with Crippen LogP contribution >= 0.6 is 0 Å². The average Bonchev–Trinajstić information content (AvgIpc) is 2.42. The Balaban J connectivity index is 1.96. The summed E-state index contributed by atoms with van der Waals surface area (Å²) in [6.45, 7) is 4.52. The first-order valence-corrected chi connectivity index (χ1v) is 6.84. The number of benzene rings is 1. The summed E-state index contributed by atoms with van der Waals surface area (Å²) < 4.78 is 18.6. The van der Waals surface area contributed by atoms with Crippen molar-refractivity contribution in [2.45, 2.75) is 26.3 Å². The highest BCUT2D eigenvalue weighted by Crippen LogP contribution is 2.31. The third-order valence-electron chi connectivity index (χ3n) is 4.23. The molecule has 1 saturated heterocycles. The second-order valence-electron chi connectivity index (χ2n) is 5.72. The van der Waals surface area contributed by atoms with Gasteiger partial charge < -0.3 is 10.5 Å². The van der Waals surface area contributed by atoms with Crippen molar-refractivity contribution in [3.05, 3.63) is 29.6 Å². The van der Waals surface area contributed by atoms with E-state index >= 15 is 0 Å². The van der Waals surface area contributed by atoms with Gasteiger partial charge in [-0.05, 0) is 43.6 Å². The number of nitrogens with two attached hydrogens (primary N) is 1. The van der Waals surface area contributed by atoms with Crippen LogP contribution in [-0.2, 0) is 6.54 Å². The largest absolute Gasteiger partial charge is 0.494 e. The smallest absolute Gasteiger partial charge is 0.165 e. The molecule has 0 radical (unpaired) electrons. The van der Waals surface area contributed by atoms with E-state index in [9.17, 15) is 4.39 Å². The lowest BCUT2D eigenvalue weighted by Gasteiger charge is -2.38. The van der Waals surface area contributed by atoms with E-state index < -0.39 is 0 Å². The van der Waals surface area contributed by atoms with Gasteiger partial charge in [0.25, 0.3) is 0 Å². The van der Waals surface area contributed by atoms with Crippen LogP contribution in [0.1, 0.15) is 25.3 Å². The zero-order chi connectivity index (χ0) is 14.8. The number of amidine groups is 1. The predicted molar refractivity (Wildman–Crippen MR) is 77.5 cm³/mol. The lowest BCUT2D eigenvalue weighted by atomic mass is 9.79. The molecule has 2 rings (SSSR count). The Morgan fingerprint density at radius 1 is 1.45 bits per heavy atom. The molecule has 4 nitrogen and oxygen atoms in total. The predicted octanol–water partition coefficient (Wildman–Crippen LogP) is 2.37. The number of nitrogens with one attached hydrogen (secondary N) is 1. The van der Waals surface area contributed by atoms with Crippen molar-refractivity contribution in [3.63, 3.8) is 0 Å². The Kier molecular flexibility index (Phi) is 4.28. The lowest BCUT2D eigenvalue weighted by molar-refractivity contribution is 0.156. The van der Waals surface area contributed by atoms with Crippen LogP contribution < -0.4 is 10.5 Å². The summed E-state index contributed by atoms with van der Waals surface area (Å²) in [5.41, 5.74) is 6.41. The van der Waals surface area contributed by atoms with Gasteiger partial charge in [-0.2, -0.15) is 0 Å². The summed E-state index contributed by atoms with van der Waals surface area (Å²) in [6.07, 6.45) is 1.75. The highest BCUT2D eigenvalue weighted by atomic mass is 19.1.